The molecule has 0 fully saturated rings. The maximum Gasteiger partial charge on any atom is 0.302 e. The van der Waals surface area contributed by atoms with E-state index in [4.69, 9.17) is 16.0 Å². The first kappa shape index (κ1) is 21.4. The third-order valence-electron chi connectivity index (χ3n) is 5.54. The number of carbonyl (C=O) groups is 1. The number of nitrogens with zero attached hydrogens (tertiary/aromatic N) is 5. The van der Waals surface area contributed by atoms with Crippen molar-refractivity contribution in [2.45, 2.75) is 13.0 Å². The van der Waals surface area contributed by atoms with Gasteiger partial charge in [-0.05, 0) is 31.2 Å². The van der Waals surface area contributed by atoms with Gasteiger partial charge in [0.2, 0.25) is 11.9 Å². The molecule has 4 heterocycles. The van der Waals surface area contributed by atoms with Crippen LogP contribution in [0.1, 0.15) is 18.7 Å². The second kappa shape index (κ2) is 8.60. The molecule has 0 aliphatic carbocycles. The SMILES string of the molecule is CC1=NC(Nc2nc3ccccc3o2)=NC(c2[nH]ncc2Cl)C1C(=O)Nc1nc2ccccc2s1. The molecular weight excluding hydrogens is 488 g/mol. The van der Waals surface area contributed by atoms with Gasteiger partial charge in [0.15, 0.2) is 10.7 Å². The van der Waals surface area contributed by atoms with Crippen LogP contribution in [0.3, 0.4) is 0 Å². The van der Waals surface area contributed by atoms with Gasteiger partial charge >= 0.3 is 6.01 Å². The number of anilines is 2. The van der Waals surface area contributed by atoms with Crippen LogP contribution >= 0.6 is 22.9 Å². The third kappa shape index (κ3) is 4.04. The summed E-state index contributed by atoms with van der Waals surface area (Å²) in [5.74, 6) is -0.798. The molecule has 0 bridgehead atoms. The Bertz CT molecular complexity index is 1570. The minimum atomic E-state index is -0.742. The number of H-pyrrole nitrogens is 1. The van der Waals surface area contributed by atoms with E-state index in [2.05, 4.69) is 40.8 Å². The molecule has 1 amide bonds. The Morgan fingerprint density at radius 2 is 1.91 bits per heavy atom. The van der Waals surface area contributed by atoms with E-state index in [1.807, 2.05) is 48.5 Å². The number of fused-ring (bicyclic) bond motifs is 2. The zero-order valence-electron chi connectivity index (χ0n) is 18.2. The topological polar surface area (TPSA) is 133 Å². The van der Waals surface area contributed by atoms with Crippen LogP contribution < -0.4 is 10.6 Å². The number of guanidine groups is 1. The molecule has 0 saturated carbocycles. The highest BCUT2D eigenvalue weighted by atomic mass is 35.5. The van der Waals surface area contributed by atoms with Gasteiger partial charge in [0.05, 0.1) is 27.1 Å². The molecule has 3 aromatic heterocycles. The van der Waals surface area contributed by atoms with Crippen molar-refractivity contribution >= 4 is 73.0 Å². The Morgan fingerprint density at radius 1 is 1.11 bits per heavy atom. The number of hydrogen-bond donors (Lipinski definition) is 3. The van der Waals surface area contributed by atoms with Crippen LogP contribution in [-0.2, 0) is 4.79 Å². The predicted molar refractivity (Wildman–Crippen MR) is 136 cm³/mol. The summed E-state index contributed by atoms with van der Waals surface area (Å²) in [4.78, 5) is 31.5. The van der Waals surface area contributed by atoms with Gasteiger partial charge in [-0.2, -0.15) is 10.1 Å². The average molecular weight is 505 g/mol. The maximum absolute atomic E-state index is 13.4. The molecule has 6 rings (SSSR count). The van der Waals surface area contributed by atoms with Crippen LogP contribution in [-0.4, -0.2) is 37.7 Å². The van der Waals surface area contributed by atoms with Crippen molar-refractivity contribution in [2.75, 3.05) is 10.6 Å². The van der Waals surface area contributed by atoms with Crippen molar-refractivity contribution < 1.29 is 9.21 Å². The lowest BCUT2D eigenvalue weighted by Gasteiger charge is -2.26. The van der Waals surface area contributed by atoms with E-state index in [-0.39, 0.29) is 17.9 Å². The van der Waals surface area contributed by atoms with Crippen molar-refractivity contribution in [1.29, 1.82) is 0 Å². The summed E-state index contributed by atoms with van der Waals surface area (Å²) in [5.41, 5.74) is 3.19. The van der Waals surface area contributed by atoms with Gasteiger partial charge in [-0.25, -0.2) is 15.0 Å². The molecule has 1 aliphatic heterocycles. The Balaban J connectivity index is 1.32. The Hall–Kier alpha value is -4.09. The van der Waals surface area contributed by atoms with Crippen LogP contribution in [0.4, 0.5) is 11.1 Å². The Morgan fingerprint density at radius 3 is 2.69 bits per heavy atom. The highest BCUT2D eigenvalue weighted by molar-refractivity contribution is 7.22. The van der Waals surface area contributed by atoms with Crippen molar-refractivity contribution in [1.82, 2.24) is 20.2 Å². The summed E-state index contributed by atoms with van der Waals surface area (Å²) in [6, 6.07) is 14.6. The van der Waals surface area contributed by atoms with Crippen LogP contribution in [0.2, 0.25) is 5.02 Å². The molecule has 174 valence electrons. The number of aromatic nitrogens is 4. The number of aromatic amines is 1. The fourth-order valence-corrected chi connectivity index (χ4v) is 5.02. The molecule has 2 aromatic carbocycles. The molecule has 2 unspecified atom stereocenters. The van der Waals surface area contributed by atoms with Crippen LogP contribution in [0, 0.1) is 5.92 Å². The molecule has 12 heteroatoms. The van der Waals surface area contributed by atoms with Crippen LogP contribution in [0.25, 0.3) is 21.3 Å². The second-order valence-corrected chi connectivity index (χ2v) is 9.29. The normalized spacial score (nSPS) is 17.9. The lowest BCUT2D eigenvalue weighted by molar-refractivity contribution is -0.118. The molecule has 0 radical (unpaired) electrons. The minimum Gasteiger partial charge on any atom is -0.423 e. The van der Waals surface area contributed by atoms with Crippen molar-refractivity contribution in [2.24, 2.45) is 15.9 Å². The standard InChI is InChI=1S/C23H17ClN8O2S/c1-11-17(20(33)30-23-28-14-7-3-5-9-16(14)35-23)19(18-12(24)10-25-32-18)29-21(26-11)31-22-27-13-6-2-4-8-15(13)34-22/h2-10,17,19H,1H3,(H,25,32)(H,27,29,31)(H,28,30,33). The molecule has 1 aliphatic rings. The number of rotatable bonds is 4. The molecule has 0 saturated heterocycles. The quantitative estimate of drug-likeness (QED) is 0.313. The minimum absolute atomic E-state index is 0.244. The van der Waals surface area contributed by atoms with Gasteiger partial charge in [-0.15, -0.1) is 0 Å². The average Bonchev–Trinajstić information content (AvgIpc) is 3.55. The second-order valence-electron chi connectivity index (χ2n) is 7.85. The maximum atomic E-state index is 13.4. The van der Waals surface area contributed by atoms with Gasteiger partial charge in [0.1, 0.15) is 17.5 Å². The molecule has 0 spiro atoms. The number of para-hydroxylation sites is 3. The summed E-state index contributed by atoms with van der Waals surface area (Å²) >= 11 is 7.77. The predicted octanol–water partition coefficient (Wildman–Crippen LogP) is 5.05. The van der Waals surface area contributed by atoms with Crippen LogP contribution in [0.5, 0.6) is 0 Å². The number of carbonyl (C=O) groups excluding carboxylic acids is 1. The first-order valence-corrected chi connectivity index (χ1v) is 11.9. The third-order valence-corrected chi connectivity index (χ3v) is 6.80. The van der Waals surface area contributed by atoms with E-state index in [9.17, 15) is 4.79 Å². The summed E-state index contributed by atoms with van der Waals surface area (Å²) < 4.78 is 6.71. The van der Waals surface area contributed by atoms with Gasteiger partial charge in [-0.1, -0.05) is 47.2 Å². The molecule has 35 heavy (non-hydrogen) atoms. The number of benzene rings is 2. The van der Waals surface area contributed by atoms with Gasteiger partial charge < -0.3 is 9.73 Å². The van der Waals surface area contributed by atoms with Gasteiger partial charge in [0, 0.05) is 5.71 Å². The number of amides is 1. The summed E-state index contributed by atoms with van der Waals surface area (Å²) in [5, 5.41) is 13.7. The lowest BCUT2D eigenvalue weighted by Crippen LogP contribution is -2.37. The van der Waals surface area contributed by atoms with Crippen molar-refractivity contribution in [3.05, 3.63) is 65.4 Å². The molecular formula is C23H17ClN8O2S. The fourth-order valence-electron chi connectivity index (χ4n) is 3.94. The van der Waals surface area contributed by atoms with E-state index >= 15 is 0 Å². The van der Waals surface area contributed by atoms with Gasteiger partial charge in [-0.3, -0.25) is 15.2 Å². The number of halogens is 1. The molecule has 10 nitrogen and oxygen atoms in total. The monoisotopic (exact) mass is 504 g/mol. The highest BCUT2D eigenvalue weighted by Gasteiger charge is 2.38. The number of hydrogen-bond acceptors (Lipinski definition) is 9. The number of thiazole rings is 1. The molecule has 2 atom stereocenters. The highest BCUT2D eigenvalue weighted by Crippen LogP contribution is 2.35. The number of oxazole rings is 1. The van der Waals surface area contributed by atoms with Crippen molar-refractivity contribution in [3.8, 4) is 0 Å². The van der Waals surface area contributed by atoms with Gasteiger partial charge in [0.25, 0.3) is 0 Å². The Labute approximate surface area is 207 Å². The smallest absolute Gasteiger partial charge is 0.302 e. The van der Waals surface area contributed by atoms with Crippen LogP contribution in [0.15, 0.2) is 69.1 Å². The zero-order chi connectivity index (χ0) is 23.9. The summed E-state index contributed by atoms with van der Waals surface area (Å²) in [6.45, 7) is 1.77. The van der Waals surface area contributed by atoms with E-state index in [0.29, 0.717) is 32.7 Å². The Kier molecular flexibility index (Phi) is 5.27. The first-order valence-electron chi connectivity index (χ1n) is 10.7. The van der Waals surface area contributed by atoms with E-state index in [1.165, 1.54) is 17.5 Å². The number of aliphatic imine (C=N–C) groups is 2. The zero-order valence-corrected chi connectivity index (χ0v) is 19.8. The van der Waals surface area contributed by atoms with E-state index in [0.717, 1.165) is 10.2 Å². The summed E-state index contributed by atoms with van der Waals surface area (Å²) in [7, 11) is 0. The molecule has 5 aromatic rings. The first-order chi connectivity index (χ1) is 17.0. The summed E-state index contributed by atoms with van der Waals surface area (Å²) in [6.07, 6.45) is 1.48. The van der Waals surface area contributed by atoms with E-state index in [1.54, 1.807) is 6.92 Å². The number of nitrogens with one attached hydrogen (secondary N) is 3. The fraction of sp³-hybridized carbons (Fsp3) is 0.130. The van der Waals surface area contributed by atoms with E-state index < -0.39 is 12.0 Å². The largest absolute Gasteiger partial charge is 0.423 e. The lowest BCUT2D eigenvalue weighted by atomic mass is 9.91. The van der Waals surface area contributed by atoms with Crippen molar-refractivity contribution in [3.63, 3.8) is 0 Å². The molecule has 3 N–H and O–H groups in total.